The Morgan fingerprint density at radius 2 is 2.22 bits per heavy atom. The van der Waals surface area contributed by atoms with Gasteiger partial charge in [-0.2, -0.15) is 0 Å². The first-order valence-corrected chi connectivity index (χ1v) is 7.05. The molecule has 0 saturated carbocycles. The normalized spacial score (nSPS) is 20.9. The predicted octanol–water partition coefficient (Wildman–Crippen LogP) is 3.53. The fourth-order valence-electron chi connectivity index (χ4n) is 2.58. The highest BCUT2D eigenvalue weighted by atomic mass is 79.9. The lowest BCUT2D eigenvalue weighted by molar-refractivity contribution is -0.123. The summed E-state index contributed by atoms with van der Waals surface area (Å²) in [5.41, 5.74) is 0.912. The van der Waals surface area contributed by atoms with Crippen molar-refractivity contribution < 1.29 is 9.18 Å². The number of halogens is 2. The molecule has 0 aliphatic carbocycles. The van der Waals surface area contributed by atoms with Gasteiger partial charge < -0.3 is 0 Å². The summed E-state index contributed by atoms with van der Waals surface area (Å²) in [6, 6.07) is 4.90. The summed E-state index contributed by atoms with van der Waals surface area (Å²) in [6.07, 6.45) is 3.14. The standard InChI is InChI=1S/C14H17BrFNO/c1-10(18)14-4-2-3-5-17(14)9-11-6-12(15)8-13(16)7-11/h6-8,14H,2-5,9H2,1H3. The summed E-state index contributed by atoms with van der Waals surface area (Å²) in [6.45, 7) is 3.20. The number of likely N-dealkylation sites (tertiary alicyclic amines) is 1. The van der Waals surface area contributed by atoms with Crippen LogP contribution in [0, 0.1) is 5.82 Å². The second kappa shape index (κ2) is 5.93. The van der Waals surface area contributed by atoms with Gasteiger partial charge in [-0.3, -0.25) is 9.69 Å². The zero-order valence-corrected chi connectivity index (χ0v) is 12.0. The van der Waals surface area contributed by atoms with Crippen molar-refractivity contribution in [2.24, 2.45) is 0 Å². The van der Waals surface area contributed by atoms with E-state index in [1.165, 1.54) is 12.1 Å². The number of ketones is 1. The second-order valence-corrected chi connectivity index (χ2v) is 5.79. The van der Waals surface area contributed by atoms with Gasteiger partial charge in [-0.1, -0.05) is 22.4 Å². The highest BCUT2D eigenvalue weighted by molar-refractivity contribution is 9.10. The van der Waals surface area contributed by atoms with Crippen LogP contribution >= 0.6 is 15.9 Å². The highest BCUT2D eigenvalue weighted by Gasteiger charge is 2.25. The van der Waals surface area contributed by atoms with E-state index in [9.17, 15) is 9.18 Å². The van der Waals surface area contributed by atoms with Crippen LogP contribution in [0.2, 0.25) is 0 Å². The average molecular weight is 314 g/mol. The van der Waals surface area contributed by atoms with E-state index in [-0.39, 0.29) is 17.6 Å². The van der Waals surface area contributed by atoms with Gasteiger partial charge in [0.05, 0.1) is 6.04 Å². The van der Waals surface area contributed by atoms with Crippen molar-refractivity contribution in [2.75, 3.05) is 6.54 Å². The van der Waals surface area contributed by atoms with Crippen LogP contribution in [0.4, 0.5) is 4.39 Å². The first kappa shape index (κ1) is 13.7. The Morgan fingerprint density at radius 3 is 2.89 bits per heavy atom. The summed E-state index contributed by atoms with van der Waals surface area (Å²) in [4.78, 5) is 13.8. The molecular formula is C14H17BrFNO. The molecule has 1 saturated heterocycles. The molecule has 2 nitrogen and oxygen atoms in total. The molecule has 1 unspecified atom stereocenters. The predicted molar refractivity (Wildman–Crippen MR) is 72.8 cm³/mol. The molecule has 1 aliphatic rings. The van der Waals surface area contributed by atoms with Crippen LogP contribution in [-0.4, -0.2) is 23.3 Å². The SMILES string of the molecule is CC(=O)C1CCCCN1Cc1cc(F)cc(Br)c1. The van der Waals surface area contributed by atoms with Crippen LogP contribution in [0.25, 0.3) is 0 Å². The van der Waals surface area contributed by atoms with E-state index in [2.05, 4.69) is 20.8 Å². The van der Waals surface area contributed by atoms with Crippen LogP contribution in [0.5, 0.6) is 0 Å². The number of carbonyl (C=O) groups is 1. The van der Waals surface area contributed by atoms with Gasteiger partial charge in [0.25, 0.3) is 0 Å². The smallest absolute Gasteiger partial charge is 0.146 e. The van der Waals surface area contributed by atoms with Gasteiger partial charge in [0.1, 0.15) is 11.6 Å². The summed E-state index contributed by atoms with van der Waals surface area (Å²) in [7, 11) is 0. The maximum absolute atomic E-state index is 13.3. The lowest BCUT2D eigenvalue weighted by atomic mass is 9.98. The average Bonchev–Trinajstić information content (AvgIpc) is 2.27. The lowest BCUT2D eigenvalue weighted by Gasteiger charge is -2.34. The van der Waals surface area contributed by atoms with E-state index in [1.54, 1.807) is 6.92 Å². The van der Waals surface area contributed by atoms with Crippen LogP contribution in [0.1, 0.15) is 31.7 Å². The van der Waals surface area contributed by atoms with E-state index in [0.717, 1.165) is 35.8 Å². The van der Waals surface area contributed by atoms with Crippen molar-refractivity contribution >= 4 is 21.7 Å². The van der Waals surface area contributed by atoms with Gasteiger partial charge in [-0.25, -0.2) is 4.39 Å². The van der Waals surface area contributed by atoms with Crippen LogP contribution in [0.15, 0.2) is 22.7 Å². The van der Waals surface area contributed by atoms with E-state index >= 15 is 0 Å². The molecule has 0 bridgehead atoms. The molecule has 0 amide bonds. The molecule has 1 heterocycles. The van der Waals surface area contributed by atoms with E-state index < -0.39 is 0 Å². The number of piperidine rings is 1. The first-order chi connectivity index (χ1) is 8.56. The Hall–Kier alpha value is -0.740. The third kappa shape index (κ3) is 3.39. The fraction of sp³-hybridized carbons (Fsp3) is 0.500. The minimum absolute atomic E-state index is 0.000734. The van der Waals surface area contributed by atoms with E-state index in [4.69, 9.17) is 0 Å². The van der Waals surface area contributed by atoms with Gasteiger partial charge in [0, 0.05) is 11.0 Å². The van der Waals surface area contributed by atoms with Crippen LogP contribution < -0.4 is 0 Å². The third-order valence-electron chi connectivity index (χ3n) is 3.39. The number of hydrogen-bond donors (Lipinski definition) is 0. The van der Waals surface area contributed by atoms with Gasteiger partial charge in [0.2, 0.25) is 0 Å². The van der Waals surface area contributed by atoms with Gasteiger partial charge in [-0.15, -0.1) is 0 Å². The van der Waals surface area contributed by atoms with Crippen molar-refractivity contribution in [2.45, 2.75) is 38.8 Å². The quantitative estimate of drug-likeness (QED) is 0.851. The molecule has 1 atom stereocenters. The maximum Gasteiger partial charge on any atom is 0.146 e. The number of hydrogen-bond acceptors (Lipinski definition) is 2. The van der Waals surface area contributed by atoms with Crippen molar-refractivity contribution in [3.8, 4) is 0 Å². The van der Waals surface area contributed by atoms with Crippen LogP contribution in [0.3, 0.4) is 0 Å². The molecule has 0 radical (unpaired) electrons. The summed E-state index contributed by atoms with van der Waals surface area (Å²) < 4.78 is 14.1. The molecule has 2 rings (SSSR count). The Kier molecular flexibility index (Phi) is 4.51. The van der Waals surface area contributed by atoms with Crippen molar-refractivity contribution in [3.63, 3.8) is 0 Å². The van der Waals surface area contributed by atoms with Gasteiger partial charge in [-0.05, 0) is 50.1 Å². The summed E-state index contributed by atoms with van der Waals surface area (Å²) in [5, 5.41) is 0. The zero-order valence-electron chi connectivity index (χ0n) is 10.5. The molecule has 0 aromatic heterocycles. The third-order valence-corrected chi connectivity index (χ3v) is 3.85. The minimum Gasteiger partial charge on any atom is -0.298 e. The van der Waals surface area contributed by atoms with Gasteiger partial charge >= 0.3 is 0 Å². The molecule has 1 fully saturated rings. The topological polar surface area (TPSA) is 20.3 Å². The van der Waals surface area contributed by atoms with Crippen molar-refractivity contribution in [3.05, 3.63) is 34.1 Å². The van der Waals surface area contributed by atoms with Crippen LogP contribution in [-0.2, 0) is 11.3 Å². The lowest BCUT2D eigenvalue weighted by Crippen LogP contribution is -2.43. The molecule has 0 N–H and O–H groups in total. The molecular weight excluding hydrogens is 297 g/mol. The summed E-state index contributed by atoms with van der Waals surface area (Å²) in [5.74, 6) is -0.0269. The molecule has 1 aromatic rings. The van der Waals surface area contributed by atoms with Crippen molar-refractivity contribution in [1.29, 1.82) is 0 Å². The highest BCUT2D eigenvalue weighted by Crippen LogP contribution is 2.22. The Morgan fingerprint density at radius 1 is 1.44 bits per heavy atom. The molecule has 98 valence electrons. The monoisotopic (exact) mass is 313 g/mol. The number of benzene rings is 1. The Balaban J connectivity index is 2.13. The first-order valence-electron chi connectivity index (χ1n) is 6.26. The Labute approximate surface area is 115 Å². The van der Waals surface area contributed by atoms with E-state index in [1.807, 2.05) is 6.07 Å². The molecule has 1 aromatic carbocycles. The molecule has 0 spiro atoms. The fourth-order valence-corrected chi connectivity index (χ4v) is 3.09. The van der Waals surface area contributed by atoms with Crippen molar-refractivity contribution in [1.82, 2.24) is 4.90 Å². The number of Topliss-reactive ketones (excluding diaryl/α,β-unsaturated/α-hetero) is 1. The molecule has 18 heavy (non-hydrogen) atoms. The Bertz CT molecular complexity index is 429. The molecule has 1 aliphatic heterocycles. The maximum atomic E-state index is 13.3. The minimum atomic E-state index is -0.240. The van der Waals surface area contributed by atoms with E-state index in [0.29, 0.717) is 6.54 Å². The van der Waals surface area contributed by atoms with Gasteiger partial charge in [0.15, 0.2) is 0 Å². The molecule has 4 heteroatoms. The number of rotatable bonds is 3. The number of nitrogens with zero attached hydrogens (tertiary/aromatic N) is 1. The number of carbonyl (C=O) groups excluding carboxylic acids is 1. The zero-order chi connectivity index (χ0) is 13.1. The summed E-state index contributed by atoms with van der Waals surface area (Å²) >= 11 is 3.30. The largest absolute Gasteiger partial charge is 0.298 e. The second-order valence-electron chi connectivity index (χ2n) is 4.87.